The van der Waals surface area contributed by atoms with Crippen molar-refractivity contribution in [3.8, 4) is 0 Å². The van der Waals surface area contributed by atoms with Gasteiger partial charge in [0, 0.05) is 18.2 Å². The number of nitro benzene ring substituents is 1. The minimum absolute atomic E-state index is 0.0337. The summed E-state index contributed by atoms with van der Waals surface area (Å²) in [7, 11) is 0. The molecule has 94 valence electrons. The highest BCUT2D eigenvalue weighted by atomic mass is 16.6. The monoisotopic (exact) mass is 248 g/mol. The molecule has 0 aliphatic carbocycles. The predicted molar refractivity (Wildman–Crippen MR) is 66.1 cm³/mol. The minimum Gasteiger partial charge on any atom is -0.397 e. The Labute approximate surface area is 103 Å². The molecule has 0 radical (unpaired) electrons. The highest BCUT2D eigenvalue weighted by molar-refractivity contribution is 5.69. The van der Waals surface area contributed by atoms with Gasteiger partial charge < -0.3 is 15.6 Å². The Morgan fingerprint density at radius 1 is 1.50 bits per heavy atom. The largest absolute Gasteiger partial charge is 0.397 e. The molecule has 0 atom stereocenters. The standard InChI is InChI=1S/C11H12N4O3/c1-7-4-9(18-14-7)6-13-11-3-2-8(15(16)17)5-10(11)12/h2-5,13H,6,12H2,1H3. The van der Waals surface area contributed by atoms with Crippen LogP contribution in [0.2, 0.25) is 0 Å². The molecule has 0 amide bonds. The van der Waals surface area contributed by atoms with E-state index in [1.807, 2.05) is 6.92 Å². The number of hydrogen-bond acceptors (Lipinski definition) is 6. The Morgan fingerprint density at radius 2 is 2.28 bits per heavy atom. The molecule has 0 saturated carbocycles. The number of aromatic nitrogens is 1. The maximum atomic E-state index is 10.6. The molecule has 3 N–H and O–H groups in total. The molecule has 1 aromatic heterocycles. The van der Waals surface area contributed by atoms with Crippen molar-refractivity contribution < 1.29 is 9.45 Å². The van der Waals surface area contributed by atoms with E-state index in [9.17, 15) is 10.1 Å². The lowest BCUT2D eigenvalue weighted by molar-refractivity contribution is -0.384. The Kier molecular flexibility index (Phi) is 3.13. The molecule has 0 aliphatic heterocycles. The van der Waals surface area contributed by atoms with Crippen molar-refractivity contribution >= 4 is 17.1 Å². The van der Waals surface area contributed by atoms with Crippen molar-refractivity contribution in [2.24, 2.45) is 0 Å². The number of nitrogens with one attached hydrogen (secondary N) is 1. The molecular formula is C11H12N4O3. The molecule has 1 aromatic carbocycles. The van der Waals surface area contributed by atoms with Crippen molar-refractivity contribution in [2.45, 2.75) is 13.5 Å². The van der Waals surface area contributed by atoms with Crippen LogP contribution in [-0.4, -0.2) is 10.1 Å². The van der Waals surface area contributed by atoms with Crippen LogP contribution in [0.4, 0.5) is 17.1 Å². The lowest BCUT2D eigenvalue weighted by Gasteiger charge is -2.06. The average molecular weight is 248 g/mol. The first-order chi connectivity index (χ1) is 8.56. The third kappa shape index (κ3) is 2.57. The highest BCUT2D eigenvalue weighted by Crippen LogP contribution is 2.24. The maximum Gasteiger partial charge on any atom is 0.271 e. The fraction of sp³-hybridized carbons (Fsp3) is 0.182. The molecule has 0 unspecified atom stereocenters. The van der Waals surface area contributed by atoms with E-state index in [1.165, 1.54) is 12.1 Å². The molecule has 0 spiro atoms. The molecule has 0 fully saturated rings. The van der Waals surface area contributed by atoms with Crippen LogP contribution < -0.4 is 11.1 Å². The number of rotatable bonds is 4. The average Bonchev–Trinajstić information content (AvgIpc) is 2.73. The van der Waals surface area contributed by atoms with Crippen molar-refractivity contribution in [3.63, 3.8) is 0 Å². The molecular weight excluding hydrogens is 236 g/mol. The van der Waals surface area contributed by atoms with Crippen LogP contribution >= 0.6 is 0 Å². The van der Waals surface area contributed by atoms with Gasteiger partial charge in [0.05, 0.1) is 28.5 Å². The zero-order valence-electron chi connectivity index (χ0n) is 9.71. The van der Waals surface area contributed by atoms with Gasteiger partial charge in [-0.2, -0.15) is 0 Å². The van der Waals surface area contributed by atoms with Gasteiger partial charge in [-0.15, -0.1) is 0 Å². The quantitative estimate of drug-likeness (QED) is 0.487. The Hall–Kier alpha value is -2.57. The van der Waals surface area contributed by atoms with Crippen LogP contribution in [0.5, 0.6) is 0 Å². The first-order valence-corrected chi connectivity index (χ1v) is 5.26. The summed E-state index contributed by atoms with van der Waals surface area (Å²) in [6.07, 6.45) is 0. The summed E-state index contributed by atoms with van der Waals surface area (Å²) in [6, 6.07) is 6.07. The molecule has 0 bridgehead atoms. The summed E-state index contributed by atoms with van der Waals surface area (Å²) in [4.78, 5) is 10.1. The highest BCUT2D eigenvalue weighted by Gasteiger charge is 2.09. The number of aryl methyl sites for hydroxylation is 1. The first kappa shape index (κ1) is 11.9. The fourth-order valence-electron chi connectivity index (χ4n) is 1.51. The minimum atomic E-state index is -0.486. The van der Waals surface area contributed by atoms with E-state index < -0.39 is 4.92 Å². The van der Waals surface area contributed by atoms with Gasteiger partial charge in [0.2, 0.25) is 0 Å². The Bertz CT molecular complexity index is 579. The number of nitrogen functional groups attached to an aromatic ring is 1. The van der Waals surface area contributed by atoms with Gasteiger partial charge in [-0.3, -0.25) is 10.1 Å². The van der Waals surface area contributed by atoms with Crippen molar-refractivity contribution in [1.82, 2.24) is 5.16 Å². The molecule has 2 aromatic rings. The van der Waals surface area contributed by atoms with E-state index >= 15 is 0 Å². The number of hydrogen-bond donors (Lipinski definition) is 2. The van der Waals surface area contributed by atoms with Crippen LogP contribution in [0.3, 0.4) is 0 Å². The normalized spacial score (nSPS) is 10.3. The maximum absolute atomic E-state index is 10.6. The number of benzene rings is 1. The number of anilines is 2. The van der Waals surface area contributed by atoms with Gasteiger partial charge in [0.1, 0.15) is 0 Å². The third-order valence-electron chi connectivity index (χ3n) is 2.38. The van der Waals surface area contributed by atoms with Gasteiger partial charge in [-0.1, -0.05) is 5.16 Å². The lowest BCUT2D eigenvalue weighted by Crippen LogP contribution is -2.02. The van der Waals surface area contributed by atoms with Gasteiger partial charge in [-0.05, 0) is 13.0 Å². The van der Waals surface area contributed by atoms with Gasteiger partial charge in [-0.25, -0.2) is 0 Å². The van der Waals surface area contributed by atoms with Crippen molar-refractivity contribution in [2.75, 3.05) is 11.1 Å². The number of nitro groups is 1. The van der Waals surface area contributed by atoms with E-state index in [4.69, 9.17) is 10.3 Å². The summed E-state index contributed by atoms with van der Waals surface area (Å²) in [5, 5.41) is 17.3. The SMILES string of the molecule is Cc1cc(CNc2ccc([N+](=O)[O-])cc2N)on1. The van der Waals surface area contributed by atoms with Crippen molar-refractivity contribution in [3.05, 3.63) is 45.8 Å². The number of non-ortho nitro benzene ring substituents is 1. The third-order valence-corrected chi connectivity index (χ3v) is 2.38. The molecule has 1 heterocycles. The summed E-state index contributed by atoms with van der Waals surface area (Å²) in [6.45, 7) is 2.25. The molecule has 2 rings (SSSR count). The molecule has 7 nitrogen and oxygen atoms in total. The first-order valence-electron chi connectivity index (χ1n) is 5.26. The second kappa shape index (κ2) is 4.74. The summed E-state index contributed by atoms with van der Waals surface area (Å²) in [5.41, 5.74) is 7.42. The van der Waals surface area contributed by atoms with E-state index in [2.05, 4.69) is 10.5 Å². The number of nitrogens with zero attached hydrogens (tertiary/aromatic N) is 2. The van der Waals surface area contributed by atoms with Crippen LogP contribution in [-0.2, 0) is 6.54 Å². The zero-order valence-corrected chi connectivity index (χ0v) is 9.71. The smallest absolute Gasteiger partial charge is 0.271 e. The van der Waals surface area contributed by atoms with Crippen LogP contribution in [0.15, 0.2) is 28.8 Å². The molecule has 7 heteroatoms. The zero-order chi connectivity index (χ0) is 13.1. The van der Waals surface area contributed by atoms with Gasteiger partial charge in [0.15, 0.2) is 5.76 Å². The summed E-state index contributed by atoms with van der Waals surface area (Å²) in [5.74, 6) is 0.672. The van der Waals surface area contributed by atoms with Crippen LogP contribution in [0.1, 0.15) is 11.5 Å². The van der Waals surface area contributed by atoms with E-state index in [0.29, 0.717) is 23.7 Å². The molecule has 18 heavy (non-hydrogen) atoms. The number of nitrogens with two attached hydrogens (primary N) is 1. The molecule has 0 saturated heterocycles. The predicted octanol–water partition coefficient (Wildman–Crippen LogP) is 2.09. The fourth-order valence-corrected chi connectivity index (χ4v) is 1.51. The second-order valence-electron chi connectivity index (χ2n) is 3.82. The van der Waals surface area contributed by atoms with Crippen LogP contribution in [0.25, 0.3) is 0 Å². The van der Waals surface area contributed by atoms with Crippen LogP contribution in [0, 0.1) is 17.0 Å². The van der Waals surface area contributed by atoms with Gasteiger partial charge in [0.25, 0.3) is 5.69 Å². The van der Waals surface area contributed by atoms with E-state index in [0.717, 1.165) is 5.69 Å². The Morgan fingerprint density at radius 3 is 2.83 bits per heavy atom. The summed E-state index contributed by atoms with van der Waals surface area (Å²) < 4.78 is 5.03. The molecule has 0 aliphatic rings. The summed E-state index contributed by atoms with van der Waals surface area (Å²) >= 11 is 0. The lowest BCUT2D eigenvalue weighted by atomic mass is 10.2. The second-order valence-corrected chi connectivity index (χ2v) is 3.82. The van der Waals surface area contributed by atoms with Gasteiger partial charge >= 0.3 is 0 Å². The Balaban J connectivity index is 2.08. The van der Waals surface area contributed by atoms with E-state index in [-0.39, 0.29) is 5.69 Å². The van der Waals surface area contributed by atoms with E-state index in [1.54, 1.807) is 12.1 Å². The topological polar surface area (TPSA) is 107 Å². The van der Waals surface area contributed by atoms with Crippen molar-refractivity contribution in [1.29, 1.82) is 0 Å².